The van der Waals surface area contributed by atoms with Gasteiger partial charge in [-0.3, -0.25) is 20.2 Å². The van der Waals surface area contributed by atoms with Crippen molar-refractivity contribution in [3.8, 4) is 11.5 Å². The highest BCUT2D eigenvalue weighted by Gasteiger charge is 2.20. The minimum atomic E-state index is -0.698. The van der Waals surface area contributed by atoms with E-state index in [1.54, 1.807) is 12.1 Å². The van der Waals surface area contributed by atoms with Crippen LogP contribution < -0.4 is 0 Å². The zero-order valence-corrected chi connectivity index (χ0v) is 13.0. The fourth-order valence-corrected chi connectivity index (χ4v) is 3.07. The van der Waals surface area contributed by atoms with Gasteiger partial charge in [-0.15, -0.1) is 0 Å². The minimum absolute atomic E-state index is 0.326. The molecule has 0 aliphatic heterocycles. The molecular weight excluding hydrogens is 324 g/mol. The third-order valence-corrected chi connectivity index (χ3v) is 4.08. The predicted molar refractivity (Wildman–Crippen MR) is 83.1 cm³/mol. The maximum Gasteiger partial charge on any atom is 0.312 e. The highest BCUT2D eigenvalue weighted by atomic mass is 32.2. The van der Waals surface area contributed by atoms with E-state index < -0.39 is 32.7 Å². The first-order chi connectivity index (χ1) is 10.7. The van der Waals surface area contributed by atoms with E-state index in [4.69, 9.17) is 0 Å². The Bertz CT molecular complexity index is 754. The van der Waals surface area contributed by atoms with Gasteiger partial charge in [0.1, 0.15) is 0 Å². The van der Waals surface area contributed by atoms with Gasteiger partial charge in [0.25, 0.3) is 0 Å². The Hall–Kier alpha value is -2.81. The number of phenolic OH excluding ortho intramolecular Hbond substituents is 2. The fraction of sp³-hybridized carbons (Fsp3) is 0.143. The molecule has 0 atom stereocenters. The van der Waals surface area contributed by atoms with Crippen LogP contribution in [-0.4, -0.2) is 20.1 Å². The molecule has 0 spiro atoms. The second-order valence-electron chi connectivity index (χ2n) is 4.83. The Morgan fingerprint density at radius 1 is 0.826 bits per heavy atom. The number of nitro groups is 2. The summed E-state index contributed by atoms with van der Waals surface area (Å²) < 4.78 is 0. The van der Waals surface area contributed by atoms with E-state index in [2.05, 4.69) is 0 Å². The molecule has 0 aliphatic carbocycles. The molecule has 0 aliphatic rings. The van der Waals surface area contributed by atoms with Crippen molar-refractivity contribution in [1.29, 1.82) is 0 Å². The van der Waals surface area contributed by atoms with Crippen LogP contribution in [0.15, 0.2) is 34.1 Å². The lowest BCUT2D eigenvalue weighted by molar-refractivity contribution is -0.386. The minimum Gasteiger partial charge on any atom is -0.502 e. The second-order valence-corrected chi connectivity index (χ2v) is 5.98. The van der Waals surface area contributed by atoms with Crippen molar-refractivity contribution in [2.24, 2.45) is 0 Å². The van der Waals surface area contributed by atoms with Crippen LogP contribution in [0, 0.1) is 34.1 Å². The number of benzene rings is 2. The van der Waals surface area contributed by atoms with E-state index in [1.807, 2.05) is 0 Å². The zero-order chi connectivity index (χ0) is 17.3. The first-order valence-electron chi connectivity index (χ1n) is 6.34. The first kappa shape index (κ1) is 16.6. The molecule has 0 fully saturated rings. The zero-order valence-electron chi connectivity index (χ0n) is 12.1. The molecule has 0 unspecified atom stereocenters. The summed E-state index contributed by atoms with van der Waals surface area (Å²) in [7, 11) is 0. The van der Waals surface area contributed by atoms with Crippen LogP contribution in [0.1, 0.15) is 11.1 Å². The normalized spacial score (nSPS) is 10.5. The lowest BCUT2D eigenvalue weighted by Gasteiger charge is -2.07. The predicted octanol–water partition coefficient (Wildman–Crippen LogP) is 3.68. The molecule has 0 heterocycles. The van der Waals surface area contributed by atoms with Crippen molar-refractivity contribution in [3.63, 3.8) is 0 Å². The molecule has 0 aromatic heterocycles. The number of nitro benzene ring substituents is 2. The summed E-state index contributed by atoms with van der Waals surface area (Å²) >= 11 is 1.07. The van der Waals surface area contributed by atoms with Gasteiger partial charge in [0.05, 0.1) is 9.85 Å². The molecule has 0 saturated carbocycles. The first-order valence-corrected chi connectivity index (χ1v) is 7.16. The van der Waals surface area contributed by atoms with Crippen LogP contribution in [-0.2, 0) is 0 Å². The van der Waals surface area contributed by atoms with E-state index >= 15 is 0 Å². The summed E-state index contributed by atoms with van der Waals surface area (Å²) in [5, 5.41) is 41.2. The number of nitrogens with zero attached hydrogens (tertiary/aromatic N) is 2. The van der Waals surface area contributed by atoms with Gasteiger partial charge >= 0.3 is 11.4 Å². The van der Waals surface area contributed by atoms with E-state index in [-0.39, 0.29) is 0 Å². The summed E-state index contributed by atoms with van der Waals surface area (Å²) in [4.78, 5) is 21.4. The highest BCUT2D eigenvalue weighted by Crippen LogP contribution is 2.40. The summed E-state index contributed by atoms with van der Waals surface area (Å²) in [5.74, 6) is -0.820. The van der Waals surface area contributed by atoms with Crippen LogP contribution in [0.25, 0.3) is 0 Å². The van der Waals surface area contributed by atoms with Gasteiger partial charge in [0, 0.05) is 21.9 Å². The SMILES string of the molecule is Cc1cc(Sc2cc(C)c(O)c([N+](=O)[O-])c2)cc([N+](=O)[O-])c1O. The van der Waals surface area contributed by atoms with Crippen LogP contribution in [0.2, 0.25) is 0 Å². The standard InChI is InChI=1S/C14H12N2O6S/c1-7-3-9(5-11(13(7)17)15(19)20)23-10-4-8(2)14(18)12(6-10)16(21)22/h3-6,17-18H,1-2H3. The average Bonchev–Trinajstić information content (AvgIpc) is 2.45. The van der Waals surface area contributed by atoms with Crippen LogP contribution in [0.3, 0.4) is 0 Å². The summed E-state index contributed by atoms with van der Waals surface area (Å²) in [6.45, 7) is 3.05. The highest BCUT2D eigenvalue weighted by molar-refractivity contribution is 7.99. The van der Waals surface area contributed by atoms with Crippen LogP contribution in [0.5, 0.6) is 11.5 Å². The Morgan fingerprint density at radius 3 is 1.48 bits per heavy atom. The van der Waals surface area contributed by atoms with E-state index in [0.717, 1.165) is 11.8 Å². The van der Waals surface area contributed by atoms with Crippen molar-refractivity contribution in [3.05, 3.63) is 55.6 Å². The number of hydrogen-bond donors (Lipinski definition) is 2. The van der Waals surface area contributed by atoms with Gasteiger partial charge in [0.15, 0.2) is 11.5 Å². The molecule has 9 heteroatoms. The molecule has 23 heavy (non-hydrogen) atoms. The Balaban J connectivity index is 2.48. The number of rotatable bonds is 4. The maximum absolute atomic E-state index is 10.9. The molecule has 2 N–H and O–H groups in total. The third-order valence-electron chi connectivity index (χ3n) is 3.14. The van der Waals surface area contributed by atoms with Crippen molar-refractivity contribution in [1.82, 2.24) is 0 Å². The summed E-state index contributed by atoms with van der Waals surface area (Å²) in [6.07, 6.45) is 0. The fourth-order valence-electron chi connectivity index (χ4n) is 1.99. The molecule has 0 radical (unpaired) electrons. The lowest BCUT2D eigenvalue weighted by Crippen LogP contribution is -1.92. The Labute approximate surface area is 134 Å². The Morgan fingerprint density at radius 2 is 1.17 bits per heavy atom. The van der Waals surface area contributed by atoms with Crippen molar-refractivity contribution >= 4 is 23.1 Å². The number of aromatic hydroxyl groups is 2. The van der Waals surface area contributed by atoms with Gasteiger partial charge in [0.2, 0.25) is 0 Å². The molecule has 2 aromatic rings. The second kappa shape index (κ2) is 6.13. The molecule has 120 valence electrons. The van der Waals surface area contributed by atoms with Crippen molar-refractivity contribution < 1.29 is 20.1 Å². The van der Waals surface area contributed by atoms with E-state index in [1.165, 1.54) is 26.0 Å². The van der Waals surface area contributed by atoms with Crippen molar-refractivity contribution in [2.45, 2.75) is 23.6 Å². The lowest BCUT2D eigenvalue weighted by atomic mass is 10.2. The molecule has 8 nitrogen and oxygen atoms in total. The quantitative estimate of drug-likeness (QED) is 0.644. The average molecular weight is 336 g/mol. The van der Waals surface area contributed by atoms with Gasteiger partial charge in [-0.2, -0.15) is 0 Å². The monoisotopic (exact) mass is 336 g/mol. The topological polar surface area (TPSA) is 127 Å². The van der Waals surface area contributed by atoms with Crippen LogP contribution >= 0.6 is 11.8 Å². The Kier molecular flexibility index (Phi) is 4.41. The van der Waals surface area contributed by atoms with E-state index in [9.17, 15) is 30.4 Å². The van der Waals surface area contributed by atoms with Crippen molar-refractivity contribution in [2.75, 3.05) is 0 Å². The van der Waals surface area contributed by atoms with Gasteiger partial charge < -0.3 is 10.2 Å². The van der Waals surface area contributed by atoms with Crippen LogP contribution in [0.4, 0.5) is 11.4 Å². The summed E-state index contributed by atoms with van der Waals surface area (Å²) in [5.41, 5.74) is -0.214. The van der Waals surface area contributed by atoms with E-state index in [0.29, 0.717) is 20.9 Å². The molecule has 0 amide bonds. The third kappa shape index (κ3) is 3.34. The smallest absolute Gasteiger partial charge is 0.312 e. The molecule has 2 rings (SSSR count). The summed E-state index contributed by atoms with van der Waals surface area (Å²) in [6, 6.07) is 5.48. The molecule has 0 bridgehead atoms. The number of phenols is 2. The van der Waals surface area contributed by atoms with Gasteiger partial charge in [-0.1, -0.05) is 11.8 Å². The van der Waals surface area contributed by atoms with Gasteiger partial charge in [-0.05, 0) is 37.1 Å². The largest absolute Gasteiger partial charge is 0.502 e. The number of aryl methyl sites for hydroxylation is 2. The molecular formula is C14H12N2O6S. The van der Waals surface area contributed by atoms with Gasteiger partial charge in [-0.25, -0.2) is 0 Å². The maximum atomic E-state index is 10.9. The molecule has 0 saturated heterocycles. The number of hydrogen-bond acceptors (Lipinski definition) is 7. The molecule has 2 aromatic carbocycles.